The summed E-state index contributed by atoms with van der Waals surface area (Å²) in [5.74, 6) is 0.998. The van der Waals surface area contributed by atoms with Crippen molar-refractivity contribution in [2.24, 2.45) is 0 Å². The van der Waals surface area contributed by atoms with E-state index in [0.29, 0.717) is 12.1 Å². The molecule has 23 heavy (non-hydrogen) atoms. The highest BCUT2D eigenvalue weighted by Crippen LogP contribution is 2.20. The van der Waals surface area contributed by atoms with Crippen molar-refractivity contribution < 1.29 is 4.74 Å². The van der Waals surface area contributed by atoms with E-state index in [0.717, 1.165) is 44.3 Å². The van der Waals surface area contributed by atoms with Gasteiger partial charge in [-0.05, 0) is 38.3 Å². The molecular weight excluding hydrogens is 292 g/mol. The molecule has 2 aromatic heterocycles. The van der Waals surface area contributed by atoms with Crippen molar-refractivity contribution >= 4 is 11.5 Å². The Bertz CT molecular complexity index is 653. The van der Waals surface area contributed by atoms with Crippen molar-refractivity contribution in [3.63, 3.8) is 0 Å². The Balaban J connectivity index is 1.40. The lowest BCUT2D eigenvalue weighted by Gasteiger charge is -2.41. The molecule has 124 valence electrons. The molecule has 7 heteroatoms. The van der Waals surface area contributed by atoms with Gasteiger partial charge in [-0.2, -0.15) is 4.52 Å². The summed E-state index contributed by atoms with van der Waals surface area (Å²) < 4.78 is 7.62. The van der Waals surface area contributed by atoms with Crippen LogP contribution in [-0.4, -0.2) is 69.6 Å². The molecule has 0 radical (unpaired) electrons. The second-order valence-electron chi connectivity index (χ2n) is 6.62. The van der Waals surface area contributed by atoms with Crippen LogP contribution in [0.5, 0.6) is 0 Å². The Kier molecular flexibility index (Phi) is 4.13. The smallest absolute Gasteiger partial charge is 0.177 e. The van der Waals surface area contributed by atoms with E-state index in [1.807, 2.05) is 12.1 Å². The molecule has 0 spiro atoms. The van der Waals surface area contributed by atoms with Crippen molar-refractivity contribution in [1.82, 2.24) is 24.7 Å². The first-order valence-electron chi connectivity index (χ1n) is 8.57. The molecule has 0 aliphatic carbocycles. The number of hydrogen-bond donors (Lipinski definition) is 0. The number of ether oxygens (including phenoxy) is 1. The summed E-state index contributed by atoms with van der Waals surface area (Å²) in [5.41, 5.74) is 0.787. The lowest BCUT2D eigenvalue weighted by atomic mass is 10.1. The van der Waals surface area contributed by atoms with Crippen LogP contribution >= 0.6 is 0 Å². The number of aromatic nitrogens is 4. The fourth-order valence-corrected chi connectivity index (χ4v) is 3.65. The maximum absolute atomic E-state index is 5.88. The average molecular weight is 316 g/mol. The lowest BCUT2D eigenvalue weighted by molar-refractivity contribution is -0.00826. The van der Waals surface area contributed by atoms with E-state index < -0.39 is 0 Å². The molecule has 2 fully saturated rings. The molecule has 0 bridgehead atoms. The fourth-order valence-electron chi connectivity index (χ4n) is 3.65. The van der Waals surface area contributed by atoms with Crippen molar-refractivity contribution in [3.8, 4) is 0 Å². The monoisotopic (exact) mass is 316 g/mol. The SMILES string of the molecule is C[C@@H]1CN(C[C@H]2CCCCO2)CCN1c1ccc2nncn2n1. The molecule has 2 aliphatic rings. The Morgan fingerprint density at radius 3 is 3.04 bits per heavy atom. The molecule has 0 aromatic carbocycles. The van der Waals surface area contributed by atoms with Crippen LogP contribution in [0.3, 0.4) is 0 Å². The summed E-state index contributed by atoms with van der Waals surface area (Å²) in [4.78, 5) is 4.91. The first-order valence-corrected chi connectivity index (χ1v) is 8.57. The van der Waals surface area contributed by atoms with Crippen molar-refractivity contribution in [2.45, 2.75) is 38.3 Å². The van der Waals surface area contributed by atoms with Crippen molar-refractivity contribution in [1.29, 1.82) is 0 Å². The number of piperazine rings is 1. The topological polar surface area (TPSA) is 58.8 Å². The summed E-state index contributed by atoms with van der Waals surface area (Å²) in [6.45, 7) is 7.38. The molecule has 0 amide bonds. The molecular formula is C16H24N6O. The summed E-state index contributed by atoms with van der Waals surface area (Å²) in [5, 5.41) is 12.5. The van der Waals surface area contributed by atoms with Crippen LogP contribution in [0.15, 0.2) is 18.5 Å². The average Bonchev–Trinajstić information content (AvgIpc) is 3.03. The summed E-state index contributed by atoms with van der Waals surface area (Å²) in [7, 11) is 0. The van der Waals surface area contributed by atoms with Gasteiger partial charge in [0.05, 0.1) is 6.10 Å². The molecule has 2 aliphatic heterocycles. The third kappa shape index (κ3) is 3.16. The zero-order valence-electron chi connectivity index (χ0n) is 13.6. The maximum Gasteiger partial charge on any atom is 0.177 e. The zero-order chi connectivity index (χ0) is 15.6. The van der Waals surface area contributed by atoms with Gasteiger partial charge in [0, 0.05) is 38.8 Å². The fraction of sp³-hybridized carbons (Fsp3) is 0.688. The second-order valence-corrected chi connectivity index (χ2v) is 6.62. The number of fused-ring (bicyclic) bond motifs is 1. The molecule has 7 nitrogen and oxygen atoms in total. The quantitative estimate of drug-likeness (QED) is 0.848. The van der Waals surface area contributed by atoms with Crippen molar-refractivity contribution in [2.75, 3.05) is 37.7 Å². The Morgan fingerprint density at radius 1 is 1.26 bits per heavy atom. The first kappa shape index (κ1) is 14.8. The molecule has 2 atom stereocenters. The van der Waals surface area contributed by atoms with Crippen LogP contribution in [0, 0.1) is 0 Å². The molecule has 0 saturated carbocycles. The highest BCUT2D eigenvalue weighted by molar-refractivity contribution is 5.46. The standard InChI is InChI=1S/C16H24N6O/c1-13-10-20(11-14-4-2-3-9-23-14)7-8-21(13)16-6-5-15-18-17-12-22(15)19-16/h5-6,12-14H,2-4,7-11H2,1H3/t13-,14-/m1/s1. The van der Waals surface area contributed by atoms with Gasteiger partial charge in [0.1, 0.15) is 12.1 Å². The van der Waals surface area contributed by atoms with Crippen molar-refractivity contribution in [3.05, 3.63) is 18.5 Å². The van der Waals surface area contributed by atoms with Crippen LogP contribution in [-0.2, 0) is 4.74 Å². The van der Waals surface area contributed by atoms with Crippen LogP contribution in [0.1, 0.15) is 26.2 Å². The van der Waals surface area contributed by atoms with E-state index in [1.54, 1.807) is 10.8 Å². The molecule has 0 unspecified atom stereocenters. The molecule has 4 rings (SSSR count). The van der Waals surface area contributed by atoms with Gasteiger partial charge < -0.3 is 9.64 Å². The van der Waals surface area contributed by atoms with Gasteiger partial charge in [0.15, 0.2) is 5.65 Å². The normalized spacial score (nSPS) is 26.7. The van der Waals surface area contributed by atoms with Crippen LogP contribution in [0.25, 0.3) is 5.65 Å². The van der Waals surface area contributed by atoms with E-state index >= 15 is 0 Å². The Morgan fingerprint density at radius 2 is 2.22 bits per heavy atom. The third-order valence-electron chi connectivity index (χ3n) is 4.89. The van der Waals surface area contributed by atoms with Gasteiger partial charge in [-0.1, -0.05) is 0 Å². The van der Waals surface area contributed by atoms with Gasteiger partial charge in [0.2, 0.25) is 0 Å². The van der Waals surface area contributed by atoms with Crippen LogP contribution in [0.4, 0.5) is 5.82 Å². The minimum atomic E-state index is 0.425. The minimum absolute atomic E-state index is 0.425. The number of nitrogens with zero attached hydrogens (tertiary/aromatic N) is 6. The Labute approximate surface area is 136 Å². The maximum atomic E-state index is 5.88. The largest absolute Gasteiger partial charge is 0.377 e. The summed E-state index contributed by atoms with van der Waals surface area (Å²) in [6.07, 6.45) is 5.82. The summed E-state index contributed by atoms with van der Waals surface area (Å²) >= 11 is 0. The van der Waals surface area contributed by atoms with Gasteiger partial charge in [-0.15, -0.1) is 15.3 Å². The molecule has 2 aromatic rings. The predicted octanol–water partition coefficient (Wildman–Crippen LogP) is 1.20. The summed E-state index contributed by atoms with van der Waals surface area (Å²) in [6, 6.07) is 4.46. The number of rotatable bonds is 3. The van der Waals surface area contributed by atoms with Gasteiger partial charge in [0.25, 0.3) is 0 Å². The third-order valence-corrected chi connectivity index (χ3v) is 4.89. The highest BCUT2D eigenvalue weighted by atomic mass is 16.5. The Hall–Kier alpha value is -1.73. The molecule has 4 heterocycles. The van der Waals surface area contributed by atoms with E-state index in [2.05, 4.69) is 32.0 Å². The van der Waals surface area contributed by atoms with E-state index in [-0.39, 0.29) is 0 Å². The zero-order valence-corrected chi connectivity index (χ0v) is 13.6. The predicted molar refractivity (Wildman–Crippen MR) is 87.6 cm³/mol. The van der Waals surface area contributed by atoms with Crippen LogP contribution < -0.4 is 4.90 Å². The van der Waals surface area contributed by atoms with Crippen LogP contribution in [0.2, 0.25) is 0 Å². The van der Waals surface area contributed by atoms with E-state index in [9.17, 15) is 0 Å². The minimum Gasteiger partial charge on any atom is -0.377 e. The van der Waals surface area contributed by atoms with Gasteiger partial charge >= 0.3 is 0 Å². The van der Waals surface area contributed by atoms with Gasteiger partial charge in [-0.25, -0.2) is 0 Å². The van der Waals surface area contributed by atoms with E-state index in [1.165, 1.54) is 19.3 Å². The second kappa shape index (κ2) is 6.41. The lowest BCUT2D eigenvalue weighted by Crippen LogP contribution is -2.54. The molecule has 2 saturated heterocycles. The number of anilines is 1. The highest BCUT2D eigenvalue weighted by Gasteiger charge is 2.27. The molecule has 0 N–H and O–H groups in total. The number of hydrogen-bond acceptors (Lipinski definition) is 6. The van der Waals surface area contributed by atoms with E-state index in [4.69, 9.17) is 4.74 Å². The van der Waals surface area contributed by atoms with Gasteiger partial charge in [-0.3, -0.25) is 4.90 Å². The first-order chi connectivity index (χ1) is 11.3.